The zero-order valence-corrected chi connectivity index (χ0v) is 18.3. The number of carbonyl (C=O) groups is 1. The van der Waals surface area contributed by atoms with Gasteiger partial charge in [-0.15, -0.1) is 11.3 Å². The molecule has 1 heterocycles. The van der Waals surface area contributed by atoms with E-state index in [-0.39, 0.29) is 0 Å². The van der Waals surface area contributed by atoms with Gasteiger partial charge in [-0.1, -0.05) is 66.2 Å². The lowest BCUT2D eigenvalue weighted by Crippen LogP contribution is -2.19. The molecule has 0 spiro atoms. The number of amides is 2. The van der Waals surface area contributed by atoms with Crippen LogP contribution in [0, 0.1) is 0 Å². The number of hydrogen-bond acceptors (Lipinski definition) is 4. The van der Waals surface area contributed by atoms with Crippen LogP contribution in [0.25, 0.3) is 11.3 Å². The van der Waals surface area contributed by atoms with Gasteiger partial charge in [0, 0.05) is 16.0 Å². The van der Waals surface area contributed by atoms with E-state index < -0.39 is 6.03 Å². The molecule has 0 aliphatic rings. The van der Waals surface area contributed by atoms with E-state index >= 15 is 0 Å². The summed E-state index contributed by atoms with van der Waals surface area (Å²) in [7, 11) is 1.53. The van der Waals surface area contributed by atoms with Crippen LogP contribution < -0.4 is 15.4 Å². The first-order chi connectivity index (χ1) is 15.1. The predicted molar refractivity (Wildman–Crippen MR) is 127 cm³/mol. The molecule has 2 N–H and O–H groups in total. The van der Waals surface area contributed by atoms with E-state index in [1.807, 2.05) is 35.7 Å². The summed E-state index contributed by atoms with van der Waals surface area (Å²) in [4.78, 5) is 16.9. The number of hydrogen-bond donors (Lipinski definition) is 2. The number of benzene rings is 3. The van der Waals surface area contributed by atoms with Crippen molar-refractivity contribution < 1.29 is 9.53 Å². The SMILES string of the molecule is COc1ccc(Cl)cc1NC(=O)Nc1nc(-c2ccc(Cc3ccccc3)cc2)cs1. The van der Waals surface area contributed by atoms with Gasteiger partial charge in [0.2, 0.25) is 0 Å². The first-order valence-electron chi connectivity index (χ1n) is 9.61. The fraction of sp³-hybridized carbons (Fsp3) is 0.0833. The van der Waals surface area contributed by atoms with Crippen LogP contribution in [0.4, 0.5) is 15.6 Å². The molecule has 0 radical (unpaired) electrons. The van der Waals surface area contributed by atoms with Gasteiger partial charge in [-0.2, -0.15) is 0 Å². The number of aromatic nitrogens is 1. The molecule has 7 heteroatoms. The first-order valence-corrected chi connectivity index (χ1v) is 10.9. The monoisotopic (exact) mass is 449 g/mol. The van der Waals surface area contributed by atoms with Gasteiger partial charge in [0.05, 0.1) is 18.5 Å². The Morgan fingerprint density at radius 2 is 1.74 bits per heavy atom. The van der Waals surface area contributed by atoms with Crippen molar-refractivity contribution in [2.24, 2.45) is 0 Å². The summed E-state index contributed by atoms with van der Waals surface area (Å²) in [6, 6.07) is 23.3. The Kier molecular flexibility index (Phi) is 6.50. The highest BCUT2D eigenvalue weighted by atomic mass is 35.5. The van der Waals surface area contributed by atoms with Gasteiger partial charge in [0.1, 0.15) is 5.75 Å². The Bertz CT molecular complexity index is 1180. The molecule has 4 aromatic rings. The van der Waals surface area contributed by atoms with Crippen molar-refractivity contribution in [3.05, 3.63) is 94.3 Å². The van der Waals surface area contributed by atoms with E-state index in [9.17, 15) is 4.79 Å². The summed E-state index contributed by atoms with van der Waals surface area (Å²) < 4.78 is 5.25. The number of ether oxygens (including phenoxy) is 1. The van der Waals surface area contributed by atoms with E-state index in [4.69, 9.17) is 16.3 Å². The molecule has 1 aromatic heterocycles. The first kappa shape index (κ1) is 20.9. The molecular weight excluding hydrogens is 430 g/mol. The molecule has 0 bridgehead atoms. The zero-order chi connectivity index (χ0) is 21.6. The summed E-state index contributed by atoms with van der Waals surface area (Å²) >= 11 is 7.37. The second-order valence-corrected chi connectivity index (χ2v) is 8.12. The van der Waals surface area contributed by atoms with Crippen molar-refractivity contribution in [1.29, 1.82) is 0 Å². The van der Waals surface area contributed by atoms with Crippen LogP contribution in [-0.4, -0.2) is 18.1 Å². The molecule has 0 unspecified atom stereocenters. The van der Waals surface area contributed by atoms with Gasteiger partial charge in [-0.25, -0.2) is 9.78 Å². The second kappa shape index (κ2) is 9.64. The Labute approximate surface area is 189 Å². The minimum absolute atomic E-state index is 0.417. The topological polar surface area (TPSA) is 63.2 Å². The van der Waals surface area contributed by atoms with Crippen LogP contribution in [0.15, 0.2) is 78.2 Å². The van der Waals surface area contributed by atoms with E-state index in [0.29, 0.717) is 21.6 Å². The Morgan fingerprint density at radius 3 is 2.48 bits per heavy atom. The smallest absolute Gasteiger partial charge is 0.325 e. The van der Waals surface area contributed by atoms with Crippen molar-refractivity contribution in [3.63, 3.8) is 0 Å². The highest BCUT2D eigenvalue weighted by Crippen LogP contribution is 2.29. The van der Waals surface area contributed by atoms with Gasteiger partial charge >= 0.3 is 6.03 Å². The number of nitrogens with one attached hydrogen (secondary N) is 2. The van der Waals surface area contributed by atoms with Crippen molar-refractivity contribution in [2.45, 2.75) is 6.42 Å². The molecule has 5 nitrogen and oxygen atoms in total. The molecule has 0 atom stereocenters. The summed E-state index contributed by atoms with van der Waals surface area (Å²) in [6.45, 7) is 0. The molecule has 2 amide bonds. The Hall–Kier alpha value is -3.35. The maximum Gasteiger partial charge on any atom is 0.325 e. The Balaban J connectivity index is 1.40. The average Bonchev–Trinajstić information content (AvgIpc) is 3.23. The maximum atomic E-state index is 12.4. The highest BCUT2D eigenvalue weighted by molar-refractivity contribution is 7.14. The van der Waals surface area contributed by atoms with Crippen LogP contribution in [0.5, 0.6) is 5.75 Å². The number of urea groups is 1. The fourth-order valence-electron chi connectivity index (χ4n) is 3.12. The van der Waals surface area contributed by atoms with E-state index in [0.717, 1.165) is 17.7 Å². The number of thiazole rings is 1. The molecule has 0 fully saturated rings. The van der Waals surface area contributed by atoms with Gasteiger partial charge in [-0.3, -0.25) is 5.32 Å². The quantitative estimate of drug-likeness (QED) is 0.344. The van der Waals surface area contributed by atoms with Crippen LogP contribution in [-0.2, 0) is 6.42 Å². The maximum absolute atomic E-state index is 12.4. The van der Waals surface area contributed by atoms with Crippen molar-refractivity contribution in [2.75, 3.05) is 17.7 Å². The average molecular weight is 450 g/mol. The molecule has 31 heavy (non-hydrogen) atoms. The molecular formula is C24H20ClN3O2S. The van der Waals surface area contributed by atoms with Crippen molar-refractivity contribution >= 4 is 39.8 Å². The minimum Gasteiger partial charge on any atom is -0.495 e. The van der Waals surface area contributed by atoms with Crippen LogP contribution in [0.1, 0.15) is 11.1 Å². The van der Waals surface area contributed by atoms with E-state index in [1.165, 1.54) is 29.6 Å². The summed E-state index contributed by atoms with van der Waals surface area (Å²) in [5.74, 6) is 0.523. The largest absolute Gasteiger partial charge is 0.495 e. The third-order valence-electron chi connectivity index (χ3n) is 4.64. The zero-order valence-electron chi connectivity index (χ0n) is 16.8. The normalized spacial score (nSPS) is 10.5. The summed E-state index contributed by atoms with van der Waals surface area (Å²) in [5, 5.41) is 8.41. The molecule has 0 aliphatic heterocycles. The number of anilines is 2. The Morgan fingerprint density at radius 1 is 1.00 bits per heavy atom. The standard InChI is InChI=1S/C24H20ClN3O2S/c1-30-22-12-11-19(25)14-20(22)26-23(29)28-24-27-21(15-31-24)18-9-7-17(8-10-18)13-16-5-3-2-4-6-16/h2-12,14-15H,13H2,1H3,(H2,26,27,28,29). The lowest BCUT2D eigenvalue weighted by atomic mass is 10.0. The number of halogens is 1. The van der Waals surface area contributed by atoms with Crippen LogP contribution in [0.3, 0.4) is 0 Å². The summed E-state index contributed by atoms with van der Waals surface area (Å²) in [5.41, 5.74) is 4.80. The molecule has 0 aliphatic carbocycles. The summed E-state index contributed by atoms with van der Waals surface area (Å²) in [6.07, 6.45) is 0.887. The van der Waals surface area contributed by atoms with E-state index in [2.05, 4.69) is 39.9 Å². The third kappa shape index (κ3) is 5.42. The van der Waals surface area contributed by atoms with Gasteiger partial charge in [0.25, 0.3) is 0 Å². The molecule has 4 rings (SSSR count). The van der Waals surface area contributed by atoms with E-state index in [1.54, 1.807) is 18.2 Å². The van der Waals surface area contributed by atoms with Gasteiger partial charge in [-0.05, 0) is 35.7 Å². The van der Waals surface area contributed by atoms with Crippen molar-refractivity contribution in [1.82, 2.24) is 4.98 Å². The highest BCUT2D eigenvalue weighted by Gasteiger charge is 2.11. The van der Waals surface area contributed by atoms with Gasteiger partial charge in [0.15, 0.2) is 5.13 Å². The number of methoxy groups -OCH3 is 1. The molecule has 0 saturated carbocycles. The molecule has 0 saturated heterocycles. The number of rotatable bonds is 6. The third-order valence-corrected chi connectivity index (χ3v) is 5.63. The van der Waals surface area contributed by atoms with Crippen LogP contribution >= 0.6 is 22.9 Å². The lowest BCUT2D eigenvalue weighted by molar-refractivity contribution is 0.262. The number of nitrogens with zero attached hydrogens (tertiary/aromatic N) is 1. The predicted octanol–water partition coefficient (Wildman–Crippen LogP) is 6.71. The van der Waals surface area contributed by atoms with Crippen LogP contribution in [0.2, 0.25) is 5.02 Å². The number of carbonyl (C=O) groups excluding carboxylic acids is 1. The lowest BCUT2D eigenvalue weighted by Gasteiger charge is -2.10. The van der Waals surface area contributed by atoms with Gasteiger partial charge < -0.3 is 10.1 Å². The fourth-order valence-corrected chi connectivity index (χ4v) is 4.00. The molecule has 3 aromatic carbocycles. The second-order valence-electron chi connectivity index (χ2n) is 6.82. The van der Waals surface area contributed by atoms with Crippen molar-refractivity contribution in [3.8, 4) is 17.0 Å². The minimum atomic E-state index is -0.417. The molecule has 156 valence electrons.